The van der Waals surface area contributed by atoms with E-state index in [-0.39, 0.29) is 12.5 Å². The predicted molar refractivity (Wildman–Crippen MR) is 141 cm³/mol. The normalized spacial score (nSPS) is 19.2. The second-order valence-electron chi connectivity index (χ2n) is 9.38. The third-order valence-electron chi connectivity index (χ3n) is 6.96. The third kappa shape index (κ3) is 5.63. The lowest BCUT2D eigenvalue weighted by Crippen LogP contribution is -2.48. The quantitative estimate of drug-likeness (QED) is 0.261. The monoisotopic (exact) mass is 600 g/mol. The molecule has 12 heteroatoms. The average molecular weight is 601 g/mol. The van der Waals surface area contributed by atoms with E-state index >= 15 is 0 Å². The van der Waals surface area contributed by atoms with Crippen LogP contribution in [-0.2, 0) is 28.2 Å². The van der Waals surface area contributed by atoms with Crippen LogP contribution in [0.3, 0.4) is 0 Å². The van der Waals surface area contributed by atoms with Crippen LogP contribution in [0.1, 0.15) is 41.8 Å². The van der Waals surface area contributed by atoms with Crippen LogP contribution in [0.5, 0.6) is 0 Å². The lowest BCUT2D eigenvalue weighted by molar-refractivity contribution is -0.118. The number of amides is 1. The molecule has 9 nitrogen and oxygen atoms in total. The van der Waals surface area contributed by atoms with Gasteiger partial charge in [0.2, 0.25) is 5.91 Å². The molecule has 0 radical (unpaired) electrons. The van der Waals surface area contributed by atoms with Crippen LogP contribution in [-0.4, -0.2) is 46.1 Å². The molecule has 1 saturated heterocycles. The van der Waals surface area contributed by atoms with Crippen molar-refractivity contribution in [2.45, 2.75) is 37.9 Å². The number of nitrogens with one attached hydrogen (secondary N) is 3. The molecule has 0 spiro atoms. The molecule has 0 saturated carbocycles. The van der Waals surface area contributed by atoms with E-state index in [1.54, 1.807) is 12.3 Å². The number of rotatable bonds is 9. The van der Waals surface area contributed by atoms with Gasteiger partial charge in [0.15, 0.2) is 17.4 Å². The SMILES string of the molecule is CC(=O)NCCc1ccccc1-c1onc([C@H]2CNCC[C@]2(OCc2cn[nH]n2)c2ccc(F)c(F)c2)c1Br. The molecule has 1 fully saturated rings. The number of piperidine rings is 1. The number of halogens is 3. The smallest absolute Gasteiger partial charge is 0.216 e. The standard InChI is InChI=1S/C27H27BrF2N6O3/c1-16(37)32-10-8-17-4-2-3-5-20(17)26-24(28)25(35-39-26)21-14-31-11-9-27(21,38-15-19-13-33-36-34-19)18-6-7-22(29)23(30)12-18/h2-7,12-13,21,31H,8-11,14-15H2,1H3,(H,32,37)(H,33,34,36)/t21-,27+/m1/s1. The van der Waals surface area contributed by atoms with E-state index in [0.29, 0.717) is 59.7 Å². The number of ether oxygens (including phenoxy) is 1. The van der Waals surface area contributed by atoms with Crippen molar-refractivity contribution in [2.24, 2.45) is 0 Å². The second kappa shape index (κ2) is 11.7. The minimum absolute atomic E-state index is 0.0975. The van der Waals surface area contributed by atoms with Gasteiger partial charge in [-0.05, 0) is 58.6 Å². The fraction of sp³-hybridized carbons (Fsp3) is 0.333. The molecule has 3 heterocycles. The Morgan fingerprint density at radius 1 is 1.26 bits per heavy atom. The fourth-order valence-electron chi connectivity index (χ4n) is 5.04. The zero-order valence-electron chi connectivity index (χ0n) is 21.1. The molecular formula is C27H27BrF2N6O3. The van der Waals surface area contributed by atoms with Crippen molar-refractivity contribution < 1.29 is 22.8 Å². The molecule has 0 bridgehead atoms. The summed E-state index contributed by atoms with van der Waals surface area (Å²) in [4.78, 5) is 11.3. The maximum absolute atomic E-state index is 14.5. The van der Waals surface area contributed by atoms with E-state index in [4.69, 9.17) is 9.26 Å². The highest BCUT2D eigenvalue weighted by atomic mass is 79.9. The number of aromatic amines is 1. The van der Waals surface area contributed by atoms with E-state index in [2.05, 4.69) is 47.1 Å². The minimum atomic E-state index is -1.07. The van der Waals surface area contributed by atoms with E-state index in [9.17, 15) is 13.6 Å². The van der Waals surface area contributed by atoms with Crippen molar-refractivity contribution in [1.29, 1.82) is 0 Å². The van der Waals surface area contributed by atoms with Gasteiger partial charge in [0.25, 0.3) is 0 Å². The molecule has 2 atom stereocenters. The van der Waals surface area contributed by atoms with Crippen molar-refractivity contribution >= 4 is 21.8 Å². The van der Waals surface area contributed by atoms with Gasteiger partial charge < -0.3 is 19.9 Å². The molecule has 2 aromatic heterocycles. The number of hydrogen-bond donors (Lipinski definition) is 3. The van der Waals surface area contributed by atoms with Crippen molar-refractivity contribution in [3.05, 3.63) is 87.3 Å². The van der Waals surface area contributed by atoms with Crippen LogP contribution in [0.4, 0.5) is 8.78 Å². The van der Waals surface area contributed by atoms with Gasteiger partial charge in [-0.25, -0.2) is 8.78 Å². The summed E-state index contributed by atoms with van der Waals surface area (Å²) in [5.74, 6) is -1.88. The summed E-state index contributed by atoms with van der Waals surface area (Å²) >= 11 is 3.72. The van der Waals surface area contributed by atoms with E-state index in [1.807, 2.05) is 24.3 Å². The molecule has 1 amide bonds. The molecule has 3 N–H and O–H groups in total. The van der Waals surface area contributed by atoms with Crippen LogP contribution < -0.4 is 10.6 Å². The van der Waals surface area contributed by atoms with E-state index < -0.39 is 23.2 Å². The van der Waals surface area contributed by atoms with E-state index in [1.165, 1.54) is 13.0 Å². The van der Waals surface area contributed by atoms with Crippen molar-refractivity contribution in [2.75, 3.05) is 19.6 Å². The summed E-state index contributed by atoms with van der Waals surface area (Å²) in [6.45, 7) is 3.09. The summed E-state index contributed by atoms with van der Waals surface area (Å²) in [6, 6.07) is 11.6. The van der Waals surface area contributed by atoms with Gasteiger partial charge in [-0.3, -0.25) is 4.79 Å². The third-order valence-corrected chi connectivity index (χ3v) is 7.72. The Hall–Kier alpha value is -3.48. The number of hydrogen-bond acceptors (Lipinski definition) is 7. The van der Waals surface area contributed by atoms with Gasteiger partial charge in [0, 0.05) is 25.6 Å². The minimum Gasteiger partial charge on any atom is -0.363 e. The van der Waals surface area contributed by atoms with Crippen LogP contribution >= 0.6 is 15.9 Å². The van der Waals surface area contributed by atoms with Crippen molar-refractivity contribution in [1.82, 2.24) is 31.2 Å². The largest absolute Gasteiger partial charge is 0.363 e. The molecule has 204 valence electrons. The van der Waals surface area contributed by atoms with Crippen LogP contribution in [0.25, 0.3) is 11.3 Å². The average Bonchev–Trinajstić information content (AvgIpc) is 3.59. The maximum atomic E-state index is 14.5. The number of nitrogens with zero attached hydrogens (tertiary/aromatic N) is 3. The highest BCUT2D eigenvalue weighted by molar-refractivity contribution is 9.10. The Morgan fingerprint density at radius 2 is 2.10 bits per heavy atom. The molecule has 4 aromatic rings. The van der Waals surface area contributed by atoms with Gasteiger partial charge in [0.05, 0.1) is 23.2 Å². The maximum Gasteiger partial charge on any atom is 0.216 e. The highest BCUT2D eigenvalue weighted by Gasteiger charge is 2.47. The Bertz CT molecular complexity index is 1450. The summed E-state index contributed by atoms with van der Waals surface area (Å²) in [5, 5.41) is 21.1. The molecule has 1 aliphatic rings. The Morgan fingerprint density at radius 3 is 2.87 bits per heavy atom. The van der Waals surface area contributed by atoms with Crippen LogP contribution in [0, 0.1) is 11.6 Å². The molecule has 1 aliphatic heterocycles. The number of H-pyrrole nitrogens is 1. The van der Waals surface area contributed by atoms with Crippen LogP contribution in [0.15, 0.2) is 57.7 Å². The summed E-state index contributed by atoms with van der Waals surface area (Å²) in [6.07, 6.45) is 2.61. The predicted octanol–water partition coefficient (Wildman–Crippen LogP) is 4.37. The van der Waals surface area contributed by atoms with E-state index in [0.717, 1.165) is 17.2 Å². The molecule has 0 aliphatic carbocycles. The van der Waals surface area contributed by atoms with Gasteiger partial charge in [-0.15, -0.1) is 0 Å². The molecule has 39 heavy (non-hydrogen) atoms. The fourth-order valence-corrected chi connectivity index (χ4v) is 5.68. The highest BCUT2D eigenvalue weighted by Crippen LogP contribution is 2.48. The number of carbonyl (C=O) groups excluding carboxylic acids is 1. The topological polar surface area (TPSA) is 118 Å². The molecule has 5 rings (SSSR count). The molecule has 0 unspecified atom stereocenters. The second-order valence-corrected chi connectivity index (χ2v) is 10.2. The van der Waals surface area contributed by atoms with Crippen molar-refractivity contribution in [3.8, 4) is 11.3 Å². The van der Waals surface area contributed by atoms with Gasteiger partial charge in [0.1, 0.15) is 17.0 Å². The first-order valence-corrected chi connectivity index (χ1v) is 13.3. The lowest BCUT2D eigenvalue weighted by atomic mass is 9.74. The first-order valence-electron chi connectivity index (χ1n) is 12.5. The first-order chi connectivity index (χ1) is 18.9. The zero-order chi connectivity index (χ0) is 27.4. The van der Waals surface area contributed by atoms with Gasteiger partial charge in [-0.2, -0.15) is 15.4 Å². The summed E-state index contributed by atoms with van der Waals surface area (Å²) in [7, 11) is 0. The lowest BCUT2D eigenvalue weighted by Gasteiger charge is -2.44. The van der Waals surface area contributed by atoms with Gasteiger partial charge >= 0.3 is 0 Å². The van der Waals surface area contributed by atoms with Crippen LogP contribution in [0.2, 0.25) is 0 Å². The van der Waals surface area contributed by atoms with Crippen molar-refractivity contribution in [3.63, 3.8) is 0 Å². The Labute approximate surface area is 231 Å². The summed E-state index contributed by atoms with van der Waals surface area (Å²) < 4.78 is 41.5. The summed E-state index contributed by atoms with van der Waals surface area (Å²) in [5.41, 5.74) is 2.38. The zero-order valence-corrected chi connectivity index (χ0v) is 22.7. The number of aromatic nitrogens is 4. The van der Waals surface area contributed by atoms with Gasteiger partial charge in [-0.1, -0.05) is 35.5 Å². The Kier molecular flexibility index (Phi) is 8.15. The molecule has 2 aromatic carbocycles. The number of carbonyl (C=O) groups is 1. The Balaban J connectivity index is 1.55. The molecular weight excluding hydrogens is 574 g/mol. The number of benzene rings is 2. The first kappa shape index (κ1) is 27.1.